The van der Waals surface area contributed by atoms with Gasteiger partial charge in [0.1, 0.15) is 0 Å². The number of carbonyl (C=O) groups is 2. The first kappa shape index (κ1) is 15.8. The van der Waals surface area contributed by atoms with Crippen LogP contribution in [0.2, 0.25) is 0 Å². The number of hydrogen-bond donors (Lipinski definition) is 3. The van der Waals surface area contributed by atoms with Gasteiger partial charge >= 0.3 is 12.0 Å². The molecular weight excluding hydrogens is 248 g/mol. The lowest BCUT2D eigenvalue weighted by molar-refractivity contribution is -0.137. The first-order chi connectivity index (χ1) is 8.77. The maximum absolute atomic E-state index is 11.7. The van der Waals surface area contributed by atoms with Gasteiger partial charge in [0.25, 0.3) is 0 Å². The van der Waals surface area contributed by atoms with Gasteiger partial charge in [-0.25, -0.2) is 4.79 Å². The van der Waals surface area contributed by atoms with Gasteiger partial charge in [0.2, 0.25) is 0 Å². The van der Waals surface area contributed by atoms with E-state index >= 15 is 0 Å². The molecule has 0 heterocycles. The summed E-state index contributed by atoms with van der Waals surface area (Å²) in [7, 11) is 0. The van der Waals surface area contributed by atoms with Crippen LogP contribution < -0.4 is 10.6 Å². The van der Waals surface area contributed by atoms with E-state index in [0.29, 0.717) is 6.61 Å². The van der Waals surface area contributed by atoms with Gasteiger partial charge in [-0.15, -0.1) is 0 Å². The number of carboxylic acids is 1. The Labute approximate surface area is 113 Å². The third-order valence-corrected chi connectivity index (χ3v) is 3.71. The van der Waals surface area contributed by atoms with Crippen LogP contribution in [0.5, 0.6) is 0 Å². The third-order valence-electron chi connectivity index (χ3n) is 3.71. The van der Waals surface area contributed by atoms with E-state index in [4.69, 9.17) is 9.84 Å². The fraction of sp³-hybridized carbons (Fsp3) is 0.846. The molecule has 1 saturated carbocycles. The van der Waals surface area contributed by atoms with E-state index < -0.39 is 5.97 Å². The molecule has 1 rings (SSSR count). The van der Waals surface area contributed by atoms with Crippen molar-refractivity contribution in [2.75, 3.05) is 6.61 Å². The molecule has 19 heavy (non-hydrogen) atoms. The molecule has 0 aromatic carbocycles. The summed E-state index contributed by atoms with van der Waals surface area (Å²) in [6, 6.07) is -0.647. The molecule has 3 unspecified atom stereocenters. The van der Waals surface area contributed by atoms with E-state index in [-0.39, 0.29) is 36.1 Å². The van der Waals surface area contributed by atoms with Crippen molar-refractivity contribution in [1.29, 1.82) is 0 Å². The summed E-state index contributed by atoms with van der Waals surface area (Å²) in [6.45, 7) is 8.41. The largest absolute Gasteiger partial charge is 0.481 e. The van der Waals surface area contributed by atoms with E-state index in [1.165, 1.54) is 0 Å². The van der Waals surface area contributed by atoms with E-state index in [9.17, 15) is 9.59 Å². The van der Waals surface area contributed by atoms with Gasteiger partial charge in [0.05, 0.1) is 12.5 Å². The molecule has 3 atom stereocenters. The number of urea groups is 1. The van der Waals surface area contributed by atoms with Gasteiger partial charge in [0.15, 0.2) is 0 Å². The molecule has 1 aliphatic rings. The predicted molar refractivity (Wildman–Crippen MR) is 71.0 cm³/mol. The van der Waals surface area contributed by atoms with Crippen LogP contribution in [0.25, 0.3) is 0 Å². The molecular formula is C13H24N2O4. The Bertz CT molecular complexity index is 344. The number of ether oxygens (including phenoxy) is 1. The Morgan fingerprint density at radius 3 is 2.58 bits per heavy atom. The Balaban J connectivity index is 2.36. The molecule has 110 valence electrons. The van der Waals surface area contributed by atoms with Crippen LogP contribution in [0.3, 0.4) is 0 Å². The van der Waals surface area contributed by atoms with Crippen LogP contribution in [0.1, 0.15) is 40.5 Å². The smallest absolute Gasteiger partial charge is 0.315 e. The maximum atomic E-state index is 11.7. The molecule has 0 saturated heterocycles. The monoisotopic (exact) mass is 272 g/mol. The predicted octanol–water partition coefficient (Wildman–Crippen LogP) is 1.35. The van der Waals surface area contributed by atoms with Crippen LogP contribution >= 0.6 is 0 Å². The summed E-state index contributed by atoms with van der Waals surface area (Å²) in [6.07, 6.45) is 0.879. The molecule has 0 radical (unpaired) electrons. The second-order valence-electron chi connectivity index (χ2n) is 5.67. The number of hydrogen-bond acceptors (Lipinski definition) is 3. The summed E-state index contributed by atoms with van der Waals surface area (Å²) < 4.78 is 5.59. The molecule has 1 fully saturated rings. The van der Waals surface area contributed by atoms with Crippen molar-refractivity contribution in [3.05, 3.63) is 0 Å². The highest BCUT2D eigenvalue weighted by Crippen LogP contribution is 2.42. The molecule has 6 heteroatoms. The summed E-state index contributed by atoms with van der Waals surface area (Å²) in [5.41, 5.74) is -0.0939. The zero-order valence-corrected chi connectivity index (χ0v) is 12.0. The van der Waals surface area contributed by atoms with Crippen molar-refractivity contribution >= 4 is 12.0 Å². The van der Waals surface area contributed by atoms with Gasteiger partial charge in [0, 0.05) is 24.1 Å². The summed E-state index contributed by atoms with van der Waals surface area (Å²) >= 11 is 0. The number of carbonyl (C=O) groups excluding carboxylic acids is 1. The normalized spacial score (nSPS) is 26.1. The van der Waals surface area contributed by atoms with Crippen LogP contribution in [0, 0.1) is 5.41 Å². The Morgan fingerprint density at radius 2 is 2.11 bits per heavy atom. The number of aliphatic carboxylic acids is 1. The van der Waals surface area contributed by atoms with Crippen molar-refractivity contribution in [3.8, 4) is 0 Å². The van der Waals surface area contributed by atoms with Crippen molar-refractivity contribution in [2.24, 2.45) is 5.41 Å². The van der Waals surface area contributed by atoms with Crippen molar-refractivity contribution < 1.29 is 19.4 Å². The lowest BCUT2D eigenvalue weighted by Gasteiger charge is -2.51. The molecule has 1 aliphatic carbocycles. The van der Waals surface area contributed by atoms with Gasteiger partial charge in [-0.1, -0.05) is 13.8 Å². The lowest BCUT2D eigenvalue weighted by atomic mass is 9.64. The van der Waals surface area contributed by atoms with Crippen molar-refractivity contribution in [3.63, 3.8) is 0 Å². The molecule has 0 aliphatic heterocycles. The highest BCUT2D eigenvalue weighted by molar-refractivity contribution is 5.76. The molecule has 0 bridgehead atoms. The first-order valence-corrected chi connectivity index (χ1v) is 6.67. The fourth-order valence-corrected chi connectivity index (χ4v) is 2.35. The van der Waals surface area contributed by atoms with Crippen molar-refractivity contribution in [1.82, 2.24) is 10.6 Å². The molecule has 0 aromatic heterocycles. The van der Waals surface area contributed by atoms with Crippen LogP contribution in [-0.4, -0.2) is 41.9 Å². The number of rotatable bonds is 6. The zero-order chi connectivity index (χ0) is 14.6. The molecule has 3 N–H and O–H groups in total. The van der Waals surface area contributed by atoms with E-state index in [0.717, 1.165) is 6.42 Å². The fourth-order valence-electron chi connectivity index (χ4n) is 2.35. The molecule has 6 nitrogen and oxygen atoms in total. The topological polar surface area (TPSA) is 87.7 Å². The van der Waals surface area contributed by atoms with Gasteiger partial charge in [-0.2, -0.15) is 0 Å². The maximum Gasteiger partial charge on any atom is 0.315 e. The average molecular weight is 272 g/mol. The first-order valence-electron chi connectivity index (χ1n) is 6.67. The highest BCUT2D eigenvalue weighted by Gasteiger charge is 2.49. The van der Waals surface area contributed by atoms with Gasteiger partial charge in [-0.3, -0.25) is 4.79 Å². The molecule has 0 spiro atoms. The van der Waals surface area contributed by atoms with Crippen LogP contribution in [-0.2, 0) is 9.53 Å². The quantitative estimate of drug-likeness (QED) is 0.681. The third kappa shape index (κ3) is 4.09. The second kappa shape index (κ2) is 6.23. The Kier molecular flexibility index (Phi) is 5.17. The highest BCUT2D eigenvalue weighted by atomic mass is 16.5. The Hall–Kier alpha value is -1.30. The lowest BCUT2D eigenvalue weighted by Crippen LogP contribution is -2.63. The van der Waals surface area contributed by atoms with Gasteiger partial charge < -0.3 is 20.5 Å². The second-order valence-corrected chi connectivity index (χ2v) is 5.67. The summed E-state index contributed by atoms with van der Waals surface area (Å²) in [4.78, 5) is 22.2. The minimum atomic E-state index is -0.923. The average Bonchev–Trinajstić information content (AvgIpc) is 2.26. The van der Waals surface area contributed by atoms with E-state index in [1.807, 2.05) is 6.92 Å². The molecule has 0 aromatic rings. The molecule has 2 amide bonds. The van der Waals surface area contributed by atoms with Crippen molar-refractivity contribution in [2.45, 2.75) is 58.7 Å². The minimum absolute atomic E-state index is 0.0566. The summed E-state index contributed by atoms with van der Waals surface area (Å²) in [5.74, 6) is -0.923. The standard InChI is InChI=1S/C13H24N2O4/c1-5-19-10-7-9(13(10,3)4)15-12(18)14-8(2)6-11(16)17/h8-10H,5-7H2,1-4H3,(H,16,17)(H2,14,15,18). The number of carboxylic acid groups (broad SMARTS) is 1. The minimum Gasteiger partial charge on any atom is -0.481 e. The number of amides is 2. The summed E-state index contributed by atoms with van der Waals surface area (Å²) in [5, 5.41) is 14.1. The SMILES string of the molecule is CCOC1CC(NC(=O)NC(C)CC(=O)O)C1(C)C. The van der Waals surface area contributed by atoms with Crippen LogP contribution in [0.15, 0.2) is 0 Å². The Morgan fingerprint density at radius 1 is 1.47 bits per heavy atom. The van der Waals surface area contributed by atoms with E-state index in [2.05, 4.69) is 24.5 Å². The van der Waals surface area contributed by atoms with Crippen LogP contribution in [0.4, 0.5) is 4.79 Å². The van der Waals surface area contributed by atoms with Gasteiger partial charge in [-0.05, 0) is 20.3 Å². The van der Waals surface area contributed by atoms with E-state index in [1.54, 1.807) is 6.92 Å². The number of nitrogens with one attached hydrogen (secondary N) is 2. The zero-order valence-electron chi connectivity index (χ0n) is 12.0.